The lowest BCUT2D eigenvalue weighted by Crippen LogP contribution is -2.33. The van der Waals surface area contributed by atoms with Crippen LogP contribution in [0.15, 0.2) is 54.6 Å². The maximum atomic E-state index is 5.97. The van der Waals surface area contributed by atoms with Crippen molar-refractivity contribution in [2.75, 3.05) is 19.8 Å². The molecule has 0 N–H and O–H groups in total. The maximum Gasteiger partial charge on any atom is 0.163 e. The summed E-state index contributed by atoms with van der Waals surface area (Å²) in [5.74, 6) is 1.63. The smallest absolute Gasteiger partial charge is 0.163 e. The lowest BCUT2D eigenvalue weighted by atomic mass is 10.1. The Labute approximate surface area is 132 Å². The molecule has 3 heteroatoms. The van der Waals surface area contributed by atoms with Crippen LogP contribution in [0.5, 0.6) is 11.5 Å². The van der Waals surface area contributed by atoms with Crippen molar-refractivity contribution in [2.24, 2.45) is 0 Å². The molecule has 0 atom stereocenters. The standard InChI is InChI=1S/C19H23NO2/c1-3-9-17(10-4-1)15-21-18-11-5-6-12-19(18)22-16-20-13-7-2-8-14-20/h1,3-6,9-12H,2,7-8,13-16H2. The van der Waals surface area contributed by atoms with Crippen LogP contribution in [-0.2, 0) is 6.61 Å². The zero-order valence-corrected chi connectivity index (χ0v) is 12.9. The van der Waals surface area contributed by atoms with Gasteiger partial charge in [0.25, 0.3) is 0 Å². The highest BCUT2D eigenvalue weighted by molar-refractivity contribution is 5.39. The number of hydrogen-bond donors (Lipinski definition) is 0. The van der Waals surface area contributed by atoms with Crippen molar-refractivity contribution in [3.05, 3.63) is 60.2 Å². The van der Waals surface area contributed by atoms with E-state index < -0.39 is 0 Å². The Morgan fingerprint density at radius 3 is 2.09 bits per heavy atom. The molecule has 2 aromatic carbocycles. The minimum atomic E-state index is 0.560. The van der Waals surface area contributed by atoms with Crippen molar-refractivity contribution in [2.45, 2.75) is 25.9 Å². The largest absolute Gasteiger partial charge is 0.485 e. The molecule has 3 rings (SSSR count). The van der Waals surface area contributed by atoms with Crippen LogP contribution in [0.2, 0.25) is 0 Å². The SMILES string of the molecule is c1ccc(COc2ccccc2OCN2CCCCC2)cc1. The van der Waals surface area contributed by atoms with Gasteiger partial charge in [0.1, 0.15) is 13.3 Å². The lowest BCUT2D eigenvalue weighted by molar-refractivity contribution is 0.103. The van der Waals surface area contributed by atoms with Crippen molar-refractivity contribution in [3.8, 4) is 11.5 Å². The number of piperidine rings is 1. The van der Waals surface area contributed by atoms with E-state index in [0.29, 0.717) is 13.3 Å². The van der Waals surface area contributed by atoms with E-state index >= 15 is 0 Å². The second-order valence-electron chi connectivity index (χ2n) is 5.67. The molecule has 0 saturated carbocycles. The summed E-state index contributed by atoms with van der Waals surface area (Å²) in [4.78, 5) is 2.36. The fourth-order valence-electron chi connectivity index (χ4n) is 2.67. The molecule has 0 aliphatic carbocycles. The molecule has 0 bridgehead atoms. The minimum Gasteiger partial charge on any atom is -0.485 e. The van der Waals surface area contributed by atoms with Gasteiger partial charge in [-0.25, -0.2) is 0 Å². The number of hydrogen-bond acceptors (Lipinski definition) is 3. The van der Waals surface area contributed by atoms with E-state index in [-0.39, 0.29) is 0 Å². The first-order valence-electron chi connectivity index (χ1n) is 8.03. The average molecular weight is 297 g/mol. The van der Waals surface area contributed by atoms with Crippen LogP contribution >= 0.6 is 0 Å². The summed E-state index contributed by atoms with van der Waals surface area (Å²) in [7, 11) is 0. The Balaban J connectivity index is 1.57. The molecule has 0 radical (unpaired) electrons. The van der Waals surface area contributed by atoms with Crippen molar-refractivity contribution in [1.82, 2.24) is 4.90 Å². The summed E-state index contributed by atoms with van der Waals surface area (Å²) in [6.45, 7) is 3.47. The molecule has 3 nitrogen and oxygen atoms in total. The Hall–Kier alpha value is -2.00. The molecule has 1 aliphatic heterocycles. The van der Waals surface area contributed by atoms with Gasteiger partial charge >= 0.3 is 0 Å². The van der Waals surface area contributed by atoms with E-state index in [2.05, 4.69) is 17.0 Å². The summed E-state index contributed by atoms with van der Waals surface area (Å²) < 4.78 is 11.9. The van der Waals surface area contributed by atoms with Crippen LogP contribution in [0, 0.1) is 0 Å². The summed E-state index contributed by atoms with van der Waals surface area (Å²) >= 11 is 0. The van der Waals surface area contributed by atoms with Gasteiger partial charge in [-0.2, -0.15) is 0 Å². The minimum absolute atomic E-state index is 0.560. The second-order valence-corrected chi connectivity index (χ2v) is 5.67. The Bertz CT molecular complexity index is 565. The van der Waals surface area contributed by atoms with Crippen LogP contribution in [0.4, 0.5) is 0 Å². The second kappa shape index (κ2) is 7.85. The van der Waals surface area contributed by atoms with Crippen molar-refractivity contribution >= 4 is 0 Å². The molecule has 116 valence electrons. The first-order valence-corrected chi connectivity index (χ1v) is 8.03. The predicted octanol–water partition coefficient (Wildman–Crippen LogP) is 4.09. The molecule has 22 heavy (non-hydrogen) atoms. The Kier molecular flexibility index (Phi) is 5.32. The number of rotatable bonds is 6. The molecular formula is C19H23NO2. The molecule has 1 saturated heterocycles. The van der Waals surface area contributed by atoms with E-state index in [9.17, 15) is 0 Å². The molecule has 0 aromatic heterocycles. The highest BCUT2D eigenvalue weighted by atomic mass is 16.5. The zero-order chi connectivity index (χ0) is 15.0. The van der Waals surface area contributed by atoms with Gasteiger partial charge in [-0.3, -0.25) is 4.90 Å². The number of likely N-dealkylation sites (tertiary alicyclic amines) is 1. The number of nitrogens with zero attached hydrogens (tertiary/aromatic N) is 1. The first-order chi connectivity index (χ1) is 10.9. The van der Waals surface area contributed by atoms with E-state index in [1.54, 1.807) is 0 Å². The Morgan fingerprint density at radius 1 is 0.727 bits per heavy atom. The van der Waals surface area contributed by atoms with Crippen LogP contribution < -0.4 is 9.47 Å². The highest BCUT2D eigenvalue weighted by Crippen LogP contribution is 2.27. The van der Waals surface area contributed by atoms with Gasteiger partial charge in [-0.05, 0) is 30.5 Å². The topological polar surface area (TPSA) is 21.7 Å². The van der Waals surface area contributed by atoms with Gasteiger partial charge in [0.2, 0.25) is 0 Å². The predicted molar refractivity (Wildman–Crippen MR) is 88.1 cm³/mol. The van der Waals surface area contributed by atoms with Crippen molar-refractivity contribution < 1.29 is 9.47 Å². The number of para-hydroxylation sites is 2. The van der Waals surface area contributed by atoms with Crippen LogP contribution in [-0.4, -0.2) is 24.7 Å². The van der Waals surface area contributed by atoms with E-state index in [1.165, 1.54) is 19.3 Å². The molecular weight excluding hydrogens is 274 g/mol. The molecule has 0 amide bonds. The van der Waals surface area contributed by atoms with Gasteiger partial charge in [-0.15, -0.1) is 0 Å². The normalized spacial score (nSPS) is 15.5. The third-order valence-electron chi connectivity index (χ3n) is 3.94. The van der Waals surface area contributed by atoms with Gasteiger partial charge in [-0.1, -0.05) is 48.9 Å². The molecule has 0 unspecified atom stereocenters. The molecule has 1 aliphatic rings. The van der Waals surface area contributed by atoms with Gasteiger partial charge in [0.15, 0.2) is 11.5 Å². The fraction of sp³-hybridized carbons (Fsp3) is 0.368. The molecule has 1 heterocycles. The highest BCUT2D eigenvalue weighted by Gasteiger charge is 2.11. The van der Waals surface area contributed by atoms with E-state index in [4.69, 9.17) is 9.47 Å². The van der Waals surface area contributed by atoms with Gasteiger partial charge in [0, 0.05) is 13.1 Å². The molecule has 1 fully saturated rings. The third-order valence-corrected chi connectivity index (χ3v) is 3.94. The summed E-state index contributed by atoms with van der Waals surface area (Å²) in [6, 6.07) is 18.1. The lowest BCUT2D eigenvalue weighted by Gasteiger charge is -2.26. The monoisotopic (exact) mass is 297 g/mol. The number of ether oxygens (including phenoxy) is 2. The van der Waals surface area contributed by atoms with E-state index in [1.807, 2.05) is 42.5 Å². The molecule has 2 aromatic rings. The summed E-state index contributed by atoms with van der Waals surface area (Å²) in [5, 5.41) is 0. The first kappa shape index (κ1) is 14.9. The third kappa shape index (κ3) is 4.25. The fourth-order valence-corrected chi connectivity index (χ4v) is 2.67. The maximum absolute atomic E-state index is 5.97. The van der Waals surface area contributed by atoms with Crippen LogP contribution in [0.1, 0.15) is 24.8 Å². The number of benzene rings is 2. The average Bonchev–Trinajstić information content (AvgIpc) is 2.61. The van der Waals surface area contributed by atoms with Crippen molar-refractivity contribution in [3.63, 3.8) is 0 Å². The van der Waals surface area contributed by atoms with Crippen LogP contribution in [0.25, 0.3) is 0 Å². The quantitative estimate of drug-likeness (QED) is 0.801. The zero-order valence-electron chi connectivity index (χ0n) is 12.9. The Morgan fingerprint density at radius 2 is 1.36 bits per heavy atom. The van der Waals surface area contributed by atoms with Gasteiger partial charge in [0.05, 0.1) is 0 Å². The van der Waals surface area contributed by atoms with E-state index in [0.717, 1.165) is 30.2 Å². The molecule has 0 spiro atoms. The van der Waals surface area contributed by atoms with Gasteiger partial charge < -0.3 is 9.47 Å². The van der Waals surface area contributed by atoms with Crippen LogP contribution in [0.3, 0.4) is 0 Å². The summed E-state index contributed by atoms with van der Waals surface area (Å²) in [5.41, 5.74) is 1.16. The summed E-state index contributed by atoms with van der Waals surface area (Å²) in [6.07, 6.45) is 3.89. The van der Waals surface area contributed by atoms with Crippen molar-refractivity contribution in [1.29, 1.82) is 0 Å².